The molecule has 6 nitrogen and oxygen atoms in total. The predicted octanol–water partition coefficient (Wildman–Crippen LogP) is 1.71. The molecule has 0 fully saturated rings. The Hall–Kier alpha value is -2.38. The van der Waals surface area contributed by atoms with Crippen molar-refractivity contribution in [3.8, 4) is 0 Å². The summed E-state index contributed by atoms with van der Waals surface area (Å²) in [7, 11) is -4.30. The highest BCUT2D eigenvalue weighted by atomic mass is 32.2. The van der Waals surface area contributed by atoms with Crippen LogP contribution in [0, 0.1) is 0 Å². The second-order valence-corrected chi connectivity index (χ2v) is 5.54. The molecule has 0 heterocycles. The first-order valence-corrected chi connectivity index (χ1v) is 7.50. The molecule has 0 spiro atoms. The van der Waals surface area contributed by atoms with Gasteiger partial charge in [0, 0.05) is 0 Å². The Bertz CT molecular complexity index is 663. The van der Waals surface area contributed by atoms with E-state index in [1.165, 1.54) is 0 Å². The molecule has 0 aromatic heterocycles. The second-order valence-electron chi connectivity index (χ2n) is 4.23. The van der Waals surface area contributed by atoms with Gasteiger partial charge in [0.25, 0.3) is 0 Å². The van der Waals surface area contributed by atoms with Crippen molar-refractivity contribution in [2.24, 2.45) is 5.73 Å². The zero-order chi connectivity index (χ0) is 15.3. The van der Waals surface area contributed by atoms with Gasteiger partial charge in [-0.1, -0.05) is 60.7 Å². The highest BCUT2D eigenvalue weighted by Gasteiger charge is 2.23. The Labute approximate surface area is 122 Å². The lowest BCUT2D eigenvalue weighted by molar-refractivity contribution is 0.211. The molecular formula is C14H14N2O4S. The van der Waals surface area contributed by atoms with Crippen molar-refractivity contribution >= 4 is 16.4 Å². The smallest absolute Gasteiger partial charge is 0.334 e. The third kappa shape index (κ3) is 4.30. The molecule has 7 heteroatoms. The third-order valence-electron chi connectivity index (χ3n) is 2.72. The Kier molecular flexibility index (Phi) is 4.56. The fourth-order valence-corrected chi connectivity index (χ4v) is 2.72. The van der Waals surface area contributed by atoms with Crippen molar-refractivity contribution < 1.29 is 17.4 Å². The molecule has 0 aliphatic rings. The summed E-state index contributed by atoms with van der Waals surface area (Å²) >= 11 is 0. The number of carbonyl (C=O) groups is 1. The summed E-state index contributed by atoms with van der Waals surface area (Å²) in [4.78, 5) is 10.7. The summed E-state index contributed by atoms with van der Waals surface area (Å²) in [6.45, 7) is 0. The number of nitrogens with one attached hydrogen (secondary N) is 1. The molecular weight excluding hydrogens is 292 g/mol. The molecule has 0 saturated heterocycles. The van der Waals surface area contributed by atoms with Crippen LogP contribution in [0.15, 0.2) is 60.7 Å². The molecule has 0 saturated carbocycles. The predicted molar refractivity (Wildman–Crippen MR) is 77.5 cm³/mol. The molecule has 2 aromatic carbocycles. The molecule has 0 atom stereocenters. The highest BCUT2D eigenvalue weighted by molar-refractivity contribution is 7.85. The number of carbonyl (C=O) groups excluding carboxylic acids is 1. The molecule has 21 heavy (non-hydrogen) atoms. The number of hydrogen-bond acceptors (Lipinski definition) is 4. The van der Waals surface area contributed by atoms with Crippen molar-refractivity contribution in [2.45, 2.75) is 6.04 Å². The minimum Gasteiger partial charge on any atom is -0.334 e. The van der Waals surface area contributed by atoms with Crippen LogP contribution in [0.1, 0.15) is 17.2 Å². The molecule has 1 amide bonds. The Balaban J connectivity index is 2.36. The maximum atomic E-state index is 11.8. The van der Waals surface area contributed by atoms with Crippen LogP contribution >= 0.6 is 0 Å². The van der Waals surface area contributed by atoms with E-state index >= 15 is 0 Å². The molecule has 0 unspecified atom stereocenters. The van der Waals surface area contributed by atoms with Crippen LogP contribution in [-0.2, 0) is 14.5 Å². The topological polar surface area (TPSA) is 98.5 Å². The van der Waals surface area contributed by atoms with Crippen LogP contribution in [0.3, 0.4) is 0 Å². The van der Waals surface area contributed by atoms with Gasteiger partial charge in [0.15, 0.2) is 0 Å². The van der Waals surface area contributed by atoms with Crippen molar-refractivity contribution in [1.29, 1.82) is 0 Å². The third-order valence-corrected chi connectivity index (χ3v) is 3.63. The summed E-state index contributed by atoms with van der Waals surface area (Å²) in [5.74, 6) is 0. The van der Waals surface area contributed by atoms with E-state index in [4.69, 9.17) is 5.73 Å². The molecule has 110 valence electrons. The van der Waals surface area contributed by atoms with Gasteiger partial charge in [0.1, 0.15) is 0 Å². The fraction of sp³-hybridized carbons (Fsp3) is 0.0714. The second kappa shape index (κ2) is 6.38. The Morgan fingerprint density at radius 1 is 0.952 bits per heavy atom. The maximum Gasteiger partial charge on any atom is 0.421 e. The van der Waals surface area contributed by atoms with Crippen molar-refractivity contribution in [2.75, 3.05) is 0 Å². The van der Waals surface area contributed by atoms with Crippen LogP contribution in [0.2, 0.25) is 0 Å². The van der Waals surface area contributed by atoms with E-state index in [0.29, 0.717) is 11.1 Å². The summed E-state index contributed by atoms with van der Waals surface area (Å²) in [6.07, 6.45) is -1.39. The summed E-state index contributed by atoms with van der Waals surface area (Å²) in [5, 5.41) is 0. The minimum absolute atomic E-state index is 0.684. The Morgan fingerprint density at radius 3 is 1.76 bits per heavy atom. The SMILES string of the molecule is NC(=O)OS(=O)(=O)NC(c1ccccc1)c1ccccc1. The highest BCUT2D eigenvalue weighted by Crippen LogP contribution is 2.22. The van der Waals surface area contributed by atoms with Gasteiger partial charge in [-0.2, -0.15) is 13.1 Å². The van der Waals surface area contributed by atoms with Crippen LogP contribution < -0.4 is 10.5 Å². The first-order chi connectivity index (χ1) is 9.98. The number of hydrogen-bond donors (Lipinski definition) is 2. The number of amides is 1. The number of primary amides is 1. The normalized spacial score (nSPS) is 11.3. The molecule has 0 aliphatic heterocycles. The molecule has 0 bridgehead atoms. The lowest BCUT2D eigenvalue weighted by Gasteiger charge is -2.18. The van der Waals surface area contributed by atoms with Crippen molar-refractivity contribution in [1.82, 2.24) is 4.72 Å². The largest absolute Gasteiger partial charge is 0.421 e. The van der Waals surface area contributed by atoms with E-state index in [1.807, 2.05) is 12.1 Å². The standard InChI is InChI=1S/C14H14N2O4S/c15-14(17)20-21(18,19)16-13(11-7-3-1-4-8-11)12-9-5-2-6-10-12/h1-10,13,16H,(H2,15,17). The lowest BCUT2D eigenvalue weighted by Crippen LogP contribution is -2.34. The summed E-state index contributed by atoms with van der Waals surface area (Å²) in [6, 6.07) is 17.2. The molecule has 0 aliphatic carbocycles. The van der Waals surface area contributed by atoms with Crippen molar-refractivity contribution in [3.63, 3.8) is 0 Å². The Morgan fingerprint density at radius 2 is 1.38 bits per heavy atom. The van der Waals surface area contributed by atoms with E-state index in [0.717, 1.165) is 0 Å². The van der Waals surface area contributed by atoms with E-state index in [2.05, 4.69) is 8.91 Å². The van der Waals surface area contributed by atoms with E-state index in [9.17, 15) is 13.2 Å². The lowest BCUT2D eigenvalue weighted by atomic mass is 10.00. The summed E-state index contributed by atoms with van der Waals surface area (Å²) < 4.78 is 29.9. The summed E-state index contributed by atoms with van der Waals surface area (Å²) in [5.41, 5.74) is 6.17. The fourth-order valence-electron chi connectivity index (χ4n) is 1.90. The average molecular weight is 306 g/mol. The average Bonchev–Trinajstić information content (AvgIpc) is 2.45. The van der Waals surface area contributed by atoms with Crippen LogP contribution in [0.25, 0.3) is 0 Å². The maximum absolute atomic E-state index is 11.8. The quantitative estimate of drug-likeness (QED) is 0.878. The van der Waals surface area contributed by atoms with Gasteiger partial charge < -0.3 is 9.92 Å². The van der Waals surface area contributed by atoms with Crippen LogP contribution in [-0.4, -0.2) is 14.5 Å². The molecule has 0 radical (unpaired) electrons. The number of nitrogens with two attached hydrogens (primary N) is 1. The van der Waals surface area contributed by atoms with E-state index in [-0.39, 0.29) is 0 Å². The van der Waals surface area contributed by atoms with Crippen LogP contribution in [0.4, 0.5) is 4.79 Å². The molecule has 3 N–H and O–H groups in total. The number of rotatable bonds is 5. The van der Waals surface area contributed by atoms with Gasteiger partial charge in [-0.25, -0.2) is 4.79 Å². The van der Waals surface area contributed by atoms with Gasteiger partial charge in [0.2, 0.25) is 0 Å². The van der Waals surface area contributed by atoms with Gasteiger partial charge in [-0.15, -0.1) is 0 Å². The monoisotopic (exact) mass is 306 g/mol. The first kappa shape index (κ1) is 15.0. The van der Waals surface area contributed by atoms with Gasteiger partial charge in [-0.3, -0.25) is 0 Å². The van der Waals surface area contributed by atoms with E-state index < -0.39 is 22.4 Å². The van der Waals surface area contributed by atoms with Crippen LogP contribution in [0.5, 0.6) is 0 Å². The van der Waals surface area contributed by atoms with Gasteiger partial charge in [-0.05, 0) is 11.1 Å². The number of benzene rings is 2. The zero-order valence-electron chi connectivity index (χ0n) is 11.0. The van der Waals surface area contributed by atoms with Gasteiger partial charge in [0.05, 0.1) is 6.04 Å². The molecule has 2 rings (SSSR count). The molecule has 2 aromatic rings. The minimum atomic E-state index is -4.30. The van der Waals surface area contributed by atoms with Crippen molar-refractivity contribution in [3.05, 3.63) is 71.8 Å². The first-order valence-electron chi connectivity index (χ1n) is 6.09. The van der Waals surface area contributed by atoms with Gasteiger partial charge >= 0.3 is 16.4 Å². The zero-order valence-corrected chi connectivity index (χ0v) is 11.8. The van der Waals surface area contributed by atoms with E-state index in [1.54, 1.807) is 48.5 Å².